The van der Waals surface area contributed by atoms with Crippen molar-refractivity contribution >= 4 is 11.8 Å². The number of hydrogen-bond acceptors (Lipinski definition) is 4. The lowest BCUT2D eigenvalue weighted by molar-refractivity contribution is -0.132. The SMILES string of the molecule is CN(C(=O)CCNC(=O)c1ccc(F)cc1F)C1CCN(CCc2ccccn2)CC1. The van der Waals surface area contributed by atoms with Crippen LogP contribution in [-0.4, -0.2) is 65.9 Å². The van der Waals surface area contributed by atoms with Crippen LogP contribution in [0.3, 0.4) is 0 Å². The lowest BCUT2D eigenvalue weighted by Gasteiger charge is -2.36. The number of pyridine rings is 1. The molecular formula is C23H28F2N4O2. The van der Waals surface area contributed by atoms with Gasteiger partial charge in [0.25, 0.3) is 5.91 Å². The summed E-state index contributed by atoms with van der Waals surface area (Å²) in [7, 11) is 1.79. The average molecular weight is 430 g/mol. The Bertz CT molecular complexity index is 886. The first-order valence-corrected chi connectivity index (χ1v) is 10.5. The van der Waals surface area contributed by atoms with Crippen LogP contribution in [0.15, 0.2) is 42.6 Å². The van der Waals surface area contributed by atoms with Crippen LogP contribution in [0.2, 0.25) is 0 Å². The molecule has 166 valence electrons. The van der Waals surface area contributed by atoms with E-state index in [0.29, 0.717) is 6.07 Å². The summed E-state index contributed by atoms with van der Waals surface area (Å²) in [6.07, 6.45) is 4.65. The van der Waals surface area contributed by atoms with Crippen LogP contribution in [0, 0.1) is 11.6 Å². The molecule has 1 aliphatic heterocycles. The van der Waals surface area contributed by atoms with Crippen LogP contribution in [0.25, 0.3) is 0 Å². The summed E-state index contributed by atoms with van der Waals surface area (Å²) in [5, 5.41) is 2.52. The van der Waals surface area contributed by atoms with E-state index in [1.54, 1.807) is 18.1 Å². The lowest BCUT2D eigenvalue weighted by atomic mass is 10.0. The number of piperidine rings is 1. The number of carbonyl (C=O) groups is 2. The number of amides is 2. The quantitative estimate of drug-likeness (QED) is 0.699. The van der Waals surface area contributed by atoms with Gasteiger partial charge in [0, 0.05) is 70.1 Å². The first-order valence-electron chi connectivity index (χ1n) is 10.5. The van der Waals surface area contributed by atoms with Gasteiger partial charge in [0.05, 0.1) is 5.56 Å². The van der Waals surface area contributed by atoms with Crippen molar-refractivity contribution < 1.29 is 18.4 Å². The van der Waals surface area contributed by atoms with Crippen molar-refractivity contribution in [1.29, 1.82) is 0 Å². The molecule has 1 aromatic carbocycles. The predicted octanol–water partition coefficient (Wildman–Crippen LogP) is 2.65. The van der Waals surface area contributed by atoms with Crippen LogP contribution in [0.1, 0.15) is 35.3 Å². The van der Waals surface area contributed by atoms with Gasteiger partial charge in [-0.25, -0.2) is 8.78 Å². The minimum Gasteiger partial charge on any atom is -0.351 e. The van der Waals surface area contributed by atoms with Crippen LogP contribution in [0.5, 0.6) is 0 Å². The van der Waals surface area contributed by atoms with E-state index < -0.39 is 17.5 Å². The number of nitrogens with zero attached hydrogens (tertiary/aromatic N) is 3. The Hall–Kier alpha value is -2.87. The molecule has 8 heteroatoms. The summed E-state index contributed by atoms with van der Waals surface area (Å²) >= 11 is 0. The van der Waals surface area contributed by atoms with E-state index in [1.165, 1.54) is 0 Å². The van der Waals surface area contributed by atoms with Crippen LogP contribution < -0.4 is 5.32 Å². The van der Waals surface area contributed by atoms with Gasteiger partial charge in [-0.05, 0) is 37.1 Å². The second kappa shape index (κ2) is 10.9. The summed E-state index contributed by atoms with van der Waals surface area (Å²) in [5.41, 5.74) is 0.847. The second-order valence-corrected chi connectivity index (χ2v) is 7.78. The zero-order chi connectivity index (χ0) is 22.2. The predicted molar refractivity (Wildman–Crippen MR) is 113 cm³/mol. The van der Waals surface area contributed by atoms with E-state index in [-0.39, 0.29) is 30.5 Å². The Morgan fingerprint density at radius 2 is 1.97 bits per heavy atom. The Balaban J connectivity index is 1.37. The number of hydrogen-bond donors (Lipinski definition) is 1. The molecule has 1 saturated heterocycles. The number of rotatable bonds is 8. The number of likely N-dealkylation sites (tertiary alicyclic amines) is 1. The molecule has 0 saturated carbocycles. The van der Waals surface area contributed by atoms with E-state index in [1.807, 2.05) is 18.2 Å². The maximum Gasteiger partial charge on any atom is 0.254 e. The molecule has 0 aliphatic carbocycles. The number of carbonyl (C=O) groups excluding carboxylic acids is 2. The van der Waals surface area contributed by atoms with E-state index in [2.05, 4.69) is 15.2 Å². The van der Waals surface area contributed by atoms with Crippen molar-refractivity contribution in [2.45, 2.75) is 31.7 Å². The molecule has 1 fully saturated rings. The van der Waals surface area contributed by atoms with Crippen molar-refractivity contribution in [2.75, 3.05) is 33.2 Å². The van der Waals surface area contributed by atoms with Gasteiger partial charge in [0.1, 0.15) is 11.6 Å². The highest BCUT2D eigenvalue weighted by atomic mass is 19.1. The van der Waals surface area contributed by atoms with E-state index in [0.717, 1.165) is 56.7 Å². The lowest BCUT2D eigenvalue weighted by Crippen LogP contribution is -2.46. The molecule has 1 N–H and O–H groups in total. The normalized spacial score (nSPS) is 14.9. The maximum absolute atomic E-state index is 13.7. The first kappa shape index (κ1) is 22.8. The molecule has 0 unspecified atom stereocenters. The van der Waals surface area contributed by atoms with E-state index >= 15 is 0 Å². The topological polar surface area (TPSA) is 65.5 Å². The number of nitrogens with one attached hydrogen (secondary N) is 1. The van der Waals surface area contributed by atoms with Crippen molar-refractivity contribution in [3.8, 4) is 0 Å². The summed E-state index contributed by atoms with van der Waals surface area (Å²) < 4.78 is 26.6. The maximum atomic E-state index is 13.7. The van der Waals surface area contributed by atoms with Crippen LogP contribution in [-0.2, 0) is 11.2 Å². The fraction of sp³-hybridized carbons (Fsp3) is 0.435. The molecule has 1 aliphatic rings. The fourth-order valence-corrected chi connectivity index (χ4v) is 3.78. The highest BCUT2D eigenvalue weighted by Gasteiger charge is 2.25. The largest absolute Gasteiger partial charge is 0.351 e. The third kappa shape index (κ3) is 6.55. The smallest absolute Gasteiger partial charge is 0.254 e. The highest BCUT2D eigenvalue weighted by molar-refractivity contribution is 5.94. The zero-order valence-electron chi connectivity index (χ0n) is 17.7. The van der Waals surface area contributed by atoms with Crippen LogP contribution >= 0.6 is 0 Å². The molecule has 31 heavy (non-hydrogen) atoms. The van der Waals surface area contributed by atoms with Gasteiger partial charge in [-0.2, -0.15) is 0 Å². The van der Waals surface area contributed by atoms with Gasteiger partial charge in [-0.1, -0.05) is 6.07 Å². The summed E-state index contributed by atoms with van der Waals surface area (Å²) in [6.45, 7) is 2.90. The molecule has 0 spiro atoms. The zero-order valence-corrected chi connectivity index (χ0v) is 17.7. The van der Waals surface area contributed by atoms with Crippen molar-refractivity contribution in [3.63, 3.8) is 0 Å². The minimum atomic E-state index is -0.921. The monoisotopic (exact) mass is 430 g/mol. The van der Waals surface area contributed by atoms with Gasteiger partial charge < -0.3 is 15.1 Å². The van der Waals surface area contributed by atoms with Gasteiger partial charge >= 0.3 is 0 Å². The van der Waals surface area contributed by atoms with E-state index in [9.17, 15) is 18.4 Å². The van der Waals surface area contributed by atoms with Gasteiger partial charge in [0.2, 0.25) is 5.91 Å². The summed E-state index contributed by atoms with van der Waals surface area (Å²) in [6, 6.07) is 8.89. The van der Waals surface area contributed by atoms with Crippen molar-refractivity contribution in [2.24, 2.45) is 0 Å². The van der Waals surface area contributed by atoms with Crippen molar-refractivity contribution in [1.82, 2.24) is 20.1 Å². The Labute approximate surface area is 181 Å². The number of benzene rings is 1. The van der Waals surface area contributed by atoms with E-state index in [4.69, 9.17) is 0 Å². The molecule has 0 bridgehead atoms. The van der Waals surface area contributed by atoms with Gasteiger partial charge in [-0.15, -0.1) is 0 Å². The molecule has 0 atom stereocenters. The standard InChI is InChI=1S/C23H28F2N4O2/c1-28(19-9-14-29(15-10-19)13-8-18-4-2-3-11-26-18)22(30)7-12-27-23(31)20-6-5-17(24)16-21(20)25/h2-6,11,16,19H,7-10,12-15H2,1H3,(H,27,31). The number of halogens is 2. The number of aromatic nitrogens is 1. The molecule has 2 aromatic rings. The first-order chi connectivity index (χ1) is 14.9. The molecule has 6 nitrogen and oxygen atoms in total. The Morgan fingerprint density at radius 1 is 1.19 bits per heavy atom. The molecule has 2 heterocycles. The van der Waals surface area contributed by atoms with Gasteiger partial charge in [-0.3, -0.25) is 14.6 Å². The Morgan fingerprint density at radius 3 is 2.65 bits per heavy atom. The summed E-state index contributed by atoms with van der Waals surface area (Å²) in [5.74, 6) is -2.38. The van der Waals surface area contributed by atoms with Crippen molar-refractivity contribution in [3.05, 3.63) is 65.5 Å². The third-order valence-corrected chi connectivity index (χ3v) is 5.71. The molecule has 2 amide bonds. The molecular weight excluding hydrogens is 402 g/mol. The highest BCUT2D eigenvalue weighted by Crippen LogP contribution is 2.16. The fourth-order valence-electron chi connectivity index (χ4n) is 3.78. The van der Waals surface area contributed by atoms with Gasteiger partial charge in [0.15, 0.2) is 0 Å². The molecule has 0 radical (unpaired) electrons. The average Bonchev–Trinajstić information content (AvgIpc) is 2.78. The molecule has 1 aromatic heterocycles. The van der Waals surface area contributed by atoms with Crippen LogP contribution in [0.4, 0.5) is 8.78 Å². The second-order valence-electron chi connectivity index (χ2n) is 7.78. The molecule has 3 rings (SSSR count). The summed E-state index contributed by atoms with van der Waals surface area (Å²) in [4.78, 5) is 33.0. The Kier molecular flexibility index (Phi) is 8.06. The third-order valence-electron chi connectivity index (χ3n) is 5.71. The minimum absolute atomic E-state index is 0.0631.